The Morgan fingerprint density at radius 1 is 1.34 bits per heavy atom. The van der Waals surface area contributed by atoms with Crippen LogP contribution in [0, 0.1) is 5.41 Å². The van der Waals surface area contributed by atoms with Crippen LogP contribution in [0.1, 0.15) is 38.3 Å². The molecule has 0 radical (unpaired) electrons. The first-order valence-electron chi connectivity index (χ1n) is 9.85. The second-order valence-electron chi connectivity index (χ2n) is 8.36. The van der Waals surface area contributed by atoms with E-state index in [1.165, 1.54) is 0 Å². The van der Waals surface area contributed by atoms with E-state index in [2.05, 4.69) is 31.1 Å². The van der Waals surface area contributed by atoms with Crippen LogP contribution in [0.4, 0.5) is 4.79 Å². The number of carbonyl (C=O) groups excluding carboxylic acids is 1. The van der Waals surface area contributed by atoms with Crippen LogP contribution in [-0.4, -0.2) is 40.8 Å². The van der Waals surface area contributed by atoms with Crippen LogP contribution < -0.4 is 14.8 Å². The summed E-state index contributed by atoms with van der Waals surface area (Å²) in [7, 11) is 0. The van der Waals surface area contributed by atoms with E-state index >= 15 is 0 Å². The van der Waals surface area contributed by atoms with Crippen LogP contribution in [0.5, 0.6) is 17.2 Å². The molecule has 0 saturated heterocycles. The summed E-state index contributed by atoms with van der Waals surface area (Å²) in [5.41, 5.74) is 1.86. The first kappa shape index (κ1) is 20.8. The predicted molar refractivity (Wildman–Crippen MR) is 110 cm³/mol. The number of aromatic nitrogens is 1. The highest BCUT2D eigenvalue weighted by Gasteiger charge is 2.20. The van der Waals surface area contributed by atoms with Crippen LogP contribution in [0.25, 0.3) is 0 Å². The number of carbonyl (C=O) groups is 1. The van der Waals surface area contributed by atoms with E-state index in [9.17, 15) is 9.90 Å². The van der Waals surface area contributed by atoms with Gasteiger partial charge in [-0.15, -0.1) is 0 Å². The third-order valence-electron chi connectivity index (χ3n) is 4.72. The number of ether oxygens (including phenoxy) is 2. The van der Waals surface area contributed by atoms with Gasteiger partial charge in [0, 0.05) is 23.9 Å². The van der Waals surface area contributed by atoms with Gasteiger partial charge in [-0.1, -0.05) is 20.8 Å². The van der Waals surface area contributed by atoms with Gasteiger partial charge in [0.15, 0.2) is 0 Å². The Labute approximate surface area is 171 Å². The standard InChI is InChI=1S/C22H29N3O4/c1-22(2,3)7-10-28-20-14-23-8-6-16(20)13-24-21(27)25-9-11-29-19-5-4-18(26)12-17(19)15-25/h4-6,8,12,14,26H,7,9-11,13,15H2,1-3H3,(H,24,27). The fourth-order valence-corrected chi connectivity index (χ4v) is 2.99. The topological polar surface area (TPSA) is 83.9 Å². The van der Waals surface area contributed by atoms with E-state index in [1.54, 1.807) is 35.5 Å². The van der Waals surface area contributed by atoms with Crippen molar-refractivity contribution < 1.29 is 19.4 Å². The SMILES string of the molecule is CC(C)(C)CCOc1cnccc1CNC(=O)N1CCOc2ccc(O)cc2C1. The van der Waals surface area contributed by atoms with Crippen molar-refractivity contribution in [1.29, 1.82) is 0 Å². The number of phenolic OH excluding ortho intramolecular Hbond substituents is 1. The van der Waals surface area contributed by atoms with Gasteiger partial charge in [0.2, 0.25) is 0 Å². The van der Waals surface area contributed by atoms with Crippen LogP contribution in [0.2, 0.25) is 0 Å². The largest absolute Gasteiger partial charge is 0.508 e. The van der Waals surface area contributed by atoms with Gasteiger partial charge in [-0.05, 0) is 36.1 Å². The van der Waals surface area contributed by atoms with Gasteiger partial charge in [0.25, 0.3) is 0 Å². The van der Waals surface area contributed by atoms with E-state index < -0.39 is 0 Å². The number of fused-ring (bicyclic) bond motifs is 1. The Morgan fingerprint density at radius 3 is 2.97 bits per heavy atom. The molecule has 0 saturated carbocycles. The molecule has 7 heteroatoms. The number of urea groups is 1. The Balaban J connectivity index is 1.59. The molecule has 0 atom stereocenters. The molecule has 0 fully saturated rings. The van der Waals surface area contributed by atoms with Crippen molar-refractivity contribution in [2.45, 2.75) is 40.3 Å². The van der Waals surface area contributed by atoms with Crippen LogP contribution in [0.3, 0.4) is 0 Å². The maximum absolute atomic E-state index is 12.7. The van der Waals surface area contributed by atoms with E-state index in [1.807, 2.05) is 6.07 Å². The lowest BCUT2D eigenvalue weighted by molar-refractivity contribution is 0.187. The quantitative estimate of drug-likeness (QED) is 0.801. The van der Waals surface area contributed by atoms with Crippen molar-refractivity contribution in [3.8, 4) is 17.2 Å². The average molecular weight is 399 g/mol. The number of benzene rings is 1. The molecule has 1 aromatic heterocycles. The third-order valence-corrected chi connectivity index (χ3v) is 4.72. The molecule has 2 aromatic rings. The number of phenols is 1. The first-order chi connectivity index (χ1) is 13.8. The Hall–Kier alpha value is -2.96. The predicted octanol–water partition coefficient (Wildman–Crippen LogP) is 3.71. The van der Waals surface area contributed by atoms with Crippen molar-refractivity contribution in [3.05, 3.63) is 47.8 Å². The van der Waals surface area contributed by atoms with Crippen LogP contribution in [-0.2, 0) is 13.1 Å². The molecule has 2 N–H and O–H groups in total. The lowest BCUT2D eigenvalue weighted by atomic mass is 9.93. The average Bonchev–Trinajstić information content (AvgIpc) is 2.88. The summed E-state index contributed by atoms with van der Waals surface area (Å²) in [6.45, 7) is 8.70. The van der Waals surface area contributed by atoms with Crippen LogP contribution in [0.15, 0.2) is 36.7 Å². The number of hydrogen-bond donors (Lipinski definition) is 2. The minimum Gasteiger partial charge on any atom is -0.508 e. The van der Waals surface area contributed by atoms with Gasteiger partial charge in [0.1, 0.15) is 23.9 Å². The lowest BCUT2D eigenvalue weighted by Gasteiger charge is -2.21. The molecule has 156 valence electrons. The Morgan fingerprint density at radius 2 is 2.17 bits per heavy atom. The molecule has 29 heavy (non-hydrogen) atoms. The van der Waals surface area contributed by atoms with Gasteiger partial charge in [-0.2, -0.15) is 0 Å². The number of amides is 2. The molecule has 1 aromatic carbocycles. The summed E-state index contributed by atoms with van der Waals surface area (Å²) in [6, 6.07) is 6.60. The molecule has 1 aliphatic heterocycles. The molecule has 3 rings (SSSR count). The normalized spacial score (nSPS) is 13.8. The molecule has 7 nitrogen and oxygen atoms in total. The van der Waals surface area contributed by atoms with Crippen molar-refractivity contribution >= 4 is 6.03 Å². The van der Waals surface area contributed by atoms with E-state index in [0.29, 0.717) is 44.3 Å². The fourth-order valence-electron chi connectivity index (χ4n) is 2.99. The van der Waals surface area contributed by atoms with Gasteiger partial charge in [0.05, 0.1) is 25.9 Å². The smallest absolute Gasteiger partial charge is 0.318 e. The van der Waals surface area contributed by atoms with E-state index in [0.717, 1.165) is 17.5 Å². The summed E-state index contributed by atoms with van der Waals surface area (Å²) >= 11 is 0. The van der Waals surface area contributed by atoms with E-state index in [4.69, 9.17) is 9.47 Å². The summed E-state index contributed by atoms with van der Waals surface area (Å²) in [5, 5.41) is 12.7. The number of nitrogens with zero attached hydrogens (tertiary/aromatic N) is 2. The van der Waals surface area contributed by atoms with Gasteiger partial charge in [-0.3, -0.25) is 4.98 Å². The highest BCUT2D eigenvalue weighted by molar-refractivity contribution is 5.74. The highest BCUT2D eigenvalue weighted by atomic mass is 16.5. The van der Waals surface area contributed by atoms with Crippen molar-refractivity contribution in [3.63, 3.8) is 0 Å². The molecular weight excluding hydrogens is 370 g/mol. The Kier molecular flexibility index (Phi) is 6.46. The number of pyridine rings is 1. The Bertz CT molecular complexity index is 848. The van der Waals surface area contributed by atoms with Crippen molar-refractivity contribution in [2.24, 2.45) is 5.41 Å². The second-order valence-corrected chi connectivity index (χ2v) is 8.36. The third kappa shape index (κ3) is 6.01. The second kappa shape index (κ2) is 9.03. The maximum atomic E-state index is 12.7. The van der Waals surface area contributed by atoms with Crippen molar-refractivity contribution in [1.82, 2.24) is 15.2 Å². The molecule has 0 unspecified atom stereocenters. The molecule has 0 bridgehead atoms. The maximum Gasteiger partial charge on any atom is 0.318 e. The minimum absolute atomic E-state index is 0.156. The zero-order valence-electron chi connectivity index (χ0n) is 17.3. The molecule has 2 amide bonds. The number of rotatable bonds is 5. The van der Waals surface area contributed by atoms with Gasteiger partial charge in [-0.25, -0.2) is 4.79 Å². The van der Waals surface area contributed by atoms with Crippen molar-refractivity contribution in [2.75, 3.05) is 19.8 Å². The molecular formula is C22H29N3O4. The van der Waals surface area contributed by atoms with Gasteiger partial charge >= 0.3 is 6.03 Å². The monoisotopic (exact) mass is 399 g/mol. The molecule has 1 aliphatic rings. The lowest BCUT2D eigenvalue weighted by Crippen LogP contribution is -2.40. The summed E-state index contributed by atoms with van der Waals surface area (Å²) in [6.07, 6.45) is 4.30. The first-order valence-corrected chi connectivity index (χ1v) is 9.85. The summed E-state index contributed by atoms with van der Waals surface area (Å²) < 4.78 is 11.6. The van der Waals surface area contributed by atoms with Gasteiger partial charge < -0.3 is 24.8 Å². The number of aromatic hydroxyl groups is 1. The van der Waals surface area contributed by atoms with Crippen LogP contribution >= 0.6 is 0 Å². The fraction of sp³-hybridized carbons (Fsp3) is 0.455. The molecule has 0 aliphatic carbocycles. The zero-order valence-corrected chi connectivity index (χ0v) is 17.3. The zero-order chi connectivity index (χ0) is 20.9. The number of hydrogen-bond acceptors (Lipinski definition) is 5. The molecule has 0 spiro atoms. The highest BCUT2D eigenvalue weighted by Crippen LogP contribution is 2.27. The summed E-state index contributed by atoms with van der Waals surface area (Å²) in [5.74, 6) is 1.54. The minimum atomic E-state index is -0.192. The summed E-state index contributed by atoms with van der Waals surface area (Å²) in [4.78, 5) is 18.5. The number of nitrogens with one attached hydrogen (secondary N) is 1. The van der Waals surface area contributed by atoms with E-state index in [-0.39, 0.29) is 17.2 Å². The molecule has 2 heterocycles.